The molecular weight excluding hydrogens is 350 g/mol. The van der Waals surface area contributed by atoms with Gasteiger partial charge in [0.15, 0.2) is 0 Å². The summed E-state index contributed by atoms with van der Waals surface area (Å²) in [6.07, 6.45) is 0. The Kier molecular flexibility index (Phi) is 6.01. The zero-order chi connectivity index (χ0) is 18.5. The highest BCUT2D eigenvalue weighted by Crippen LogP contribution is 2.29. The normalized spacial score (nSPS) is 15.0. The van der Waals surface area contributed by atoms with Gasteiger partial charge in [-0.25, -0.2) is 0 Å². The lowest BCUT2D eigenvalue weighted by molar-refractivity contribution is 0.102. The number of hydrogen-bond acceptors (Lipinski definition) is 4. The highest BCUT2D eigenvalue weighted by molar-refractivity contribution is 6.32. The summed E-state index contributed by atoms with van der Waals surface area (Å²) in [6.45, 7) is 6.33. The molecular formula is C20H24ClN3O2. The molecule has 0 radical (unpaired) electrons. The molecule has 3 rings (SSSR count). The third-order valence-electron chi connectivity index (χ3n) is 4.49. The summed E-state index contributed by atoms with van der Waals surface area (Å²) in [5.41, 5.74) is 2.37. The minimum absolute atomic E-state index is 0.184. The van der Waals surface area contributed by atoms with E-state index in [9.17, 15) is 4.79 Å². The Labute approximate surface area is 159 Å². The molecule has 1 N–H and O–H groups in total. The van der Waals surface area contributed by atoms with Crippen molar-refractivity contribution in [2.45, 2.75) is 6.92 Å². The van der Waals surface area contributed by atoms with Crippen molar-refractivity contribution in [2.75, 3.05) is 50.1 Å². The molecule has 1 saturated heterocycles. The summed E-state index contributed by atoms with van der Waals surface area (Å²) >= 11 is 6.20. The van der Waals surface area contributed by atoms with Crippen molar-refractivity contribution >= 4 is 28.9 Å². The molecule has 0 aliphatic carbocycles. The zero-order valence-corrected chi connectivity index (χ0v) is 15.9. The molecule has 0 bridgehead atoms. The highest BCUT2D eigenvalue weighted by Gasteiger charge is 2.18. The molecule has 1 fully saturated rings. The molecule has 26 heavy (non-hydrogen) atoms. The predicted molar refractivity (Wildman–Crippen MR) is 107 cm³/mol. The van der Waals surface area contributed by atoms with Crippen molar-refractivity contribution < 1.29 is 9.53 Å². The number of carbonyl (C=O) groups is 1. The molecule has 1 aliphatic heterocycles. The maximum Gasteiger partial charge on any atom is 0.255 e. The van der Waals surface area contributed by atoms with Gasteiger partial charge in [0.1, 0.15) is 5.75 Å². The number of anilines is 2. The largest absolute Gasteiger partial charge is 0.492 e. The molecule has 138 valence electrons. The molecule has 0 aromatic heterocycles. The minimum Gasteiger partial charge on any atom is -0.492 e. The fourth-order valence-electron chi connectivity index (χ4n) is 3.01. The van der Waals surface area contributed by atoms with Crippen molar-refractivity contribution in [1.82, 2.24) is 4.90 Å². The van der Waals surface area contributed by atoms with Gasteiger partial charge in [0.2, 0.25) is 0 Å². The molecule has 1 aliphatic rings. The van der Waals surface area contributed by atoms with Crippen molar-refractivity contribution in [3.05, 3.63) is 53.1 Å². The molecule has 1 amide bonds. The van der Waals surface area contributed by atoms with Crippen LogP contribution in [0.25, 0.3) is 0 Å². The molecule has 0 unspecified atom stereocenters. The Bertz CT molecular complexity index is 773. The number of rotatable bonds is 5. The Morgan fingerprint density at radius 1 is 1.15 bits per heavy atom. The third kappa shape index (κ3) is 4.29. The van der Waals surface area contributed by atoms with Gasteiger partial charge < -0.3 is 19.9 Å². The number of benzene rings is 2. The fourth-order valence-corrected chi connectivity index (χ4v) is 3.25. The van der Waals surface area contributed by atoms with E-state index in [1.807, 2.05) is 31.2 Å². The van der Waals surface area contributed by atoms with E-state index >= 15 is 0 Å². The summed E-state index contributed by atoms with van der Waals surface area (Å²) < 4.78 is 5.42. The van der Waals surface area contributed by atoms with E-state index in [4.69, 9.17) is 16.3 Å². The van der Waals surface area contributed by atoms with E-state index < -0.39 is 0 Å². The van der Waals surface area contributed by atoms with Crippen LogP contribution in [-0.4, -0.2) is 50.6 Å². The van der Waals surface area contributed by atoms with E-state index in [0.717, 1.165) is 37.6 Å². The molecule has 2 aromatic carbocycles. The number of likely N-dealkylation sites (N-methyl/N-ethyl adjacent to an activating group) is 1. The number of nitrogens with zero attached hydrogens (tertiary/aromatic N) is 2. The van der Waals surface area contributed by atoms with E-state index in [2.05, 4.69) is 22.2 Å². The Balaban J connectivity index is 1.76. The van der Waals surface area contributed by atoms with Gasteiger partial charge in [-0.05, 0) is 44.3 Å². The third-order valence-corrected chi connectivity index (χ3v) is 4.79. The molecule has 2 aromatic rings. The number of piperazine rings is 1. The van der Waals surface area contributed by atoms with Gasteiger partial charge in [-0.15, -0.1) is 0 Å². The number of halogens is 1. The number of carbonyl (C=O) groups excluding carboxylic acids is 1. The minimum atomic E-state index is -0.184. The highest BCUT2D eigenvalue weighted by atomic mass is 35.5. The Hall–Kier alpha value is -2.24. The van der Waals surface area contributed by atoms with Crippen LogP contribution >= 0.6 is 11.6 Å². The quantitative estimate of drug-likeness (QED) is 0.867. The lowest BCUT2D eigenvalue weighted by Gasteiger charge is -2.35. The smallest absolute Gasteiger partial charge is 0.255 e. The van der Waals surface area contributed by atoms with Crippen molar-refractivity contribution in [2.24, 2.45) is 0 Å². The van der Waals surface area contributed by atoms with Gasteiger partial charge in [0, 0.05) is 31.7 Å². The monoisotopic (exact) mass is 373 g/mol. The first kappa shape index (κ1) is 18.5. The van der Waals surface area contributed by atoms with E-state index in [1.54, 1.807) is 18.2 Å². The molecule has 1 heterocycles. The molecule has 0 spiro atoms. The number of nitrogens with one attached hydrogen (secondary N) is 1. The van der Waals surface area contributed by atoms with Crippen molar-refractivity contribution in [3.8, 4) is 5.75 Å². The Morgan fingerprint density at radius 2 is 1.88 bits per heavy atom. The summed E-state index contributed by atoms with van der Waals surface area (Å²) in [5, 5.41) is 3.46. The number of hydrogen-bond donors (Lipinski definition) is 1. The van der Waals surface area contributed by atoms with Crippen LogP contribution in [0, 0.1) is 0 Å². The summed E-state index contributed by atoms with van der Waals surface area (Å²) in [6, 6.07) is 13.0. The lowest BCUT2D eigenvalue weighted by Crippen LogP contribution is -2.44. The van der Waals surface area contributed by atoms with Gasteiger partial charge in [-0.2, -0.15) is 0 Å². The first-order chi connectivity index (χ1) is 12.6. The second-order valence-electron chi connectivity index (χ2n) is 6.34. The van der Waals surface area contributed by atoms with Crippen molar-refractivity contribution in [3.63, 3.8) is 0 Å². The van der Waals surface area contributed by atoms with Crippen LogP contribution in [-0.2, 0) is 0 Å². The van der Waals surface area contributed by atoms with Gasteiger partial charge in [0.05, 0.1) is 23.0 Å². The van der Waals surface area contributed by atoms with E-state index in [0.29, 0.717) is 22.9 Å². The van der Waals surface area contributed by atoms with Gasteiger partial charge >= 0.3 is 0 Å². The van der Waals surface area contributed by atoms with Gasteiger partial charge in [0.25, 0.3) is 5.91 Å². The van der Waals surface area contributed by atoms with E-state index in [1.165, 1.54) is 0 Å². The van der Waals surface area contributed by atoms with Crippen LogP contribution in [0.2, 0.25) is 5.02 Å². The number of para-hydroxylation sites is 2. The molecule has 6 heteroatoms. The fraction of sp³-hybridized carbons (Fsp3) is 0.350. The first-order valence-corrected chi connectivity index (χ1v) is 9.22. The first-order valence-electron chi connectivity index (χ1n) is 8.84. The molecule has 0 atom stereocenters. The summed E-state index contributed by atoms with van der Waals surface area (Å²) in [5.74, 6) is 0.403. The van der Waals surface area contributed by atoms with Crippen LogP contribution < -0.4 is 15.0 Å². The average molecular weight is 374 g/mol. The maximum atomic E-state index is 12.7. The summed E-state index contributed by atoms with van der Waals surface area (Å²) in [4.78, 5) is 17.3. The van der Waals surface area contributed by atoms with Gasteiger partial charge in [-0.1, -0.05) is 23.7 Å². The number of amides is 1. The maximum absolute atomic E-state index is 12.7. The van der Waals surface area contributed by atoms with Crippen molar-refractivity contribution in [1.29, 1.82) is 0 Å². The predicted octanol–water partition coefficient (Wildman–Crippen LogP) is 3.74. The van der Waals surface area contributed by atoms with Crippen LogP contribution in [0.1, 0.15) is 17.3 Å². The van der Waals surface area contributed by atoms with Crippen LogP contribution in [0.5, 0.6) is 5.75 Å². The van der Waals surface area contributed by atoms with Gasteiger partial charge in [-0.3, -0.25) is 4.79 Å². The zero-order valence-electron chi connectivity index (χ0n) is 15.2. The second kappa shape index (κ2) is 8.43. The average Bonchev–Trinajstić information content (AvgIpc) is 2.65. The van der Waals surface area contributed by atoms with E-state index in [-0.39, 0.29) is 5.91 Å². The molecule has 0 saturated carbocycles. The Morgan fingerprint density at radius 3 is 2.58 bits per heavy atom. The topological polar surface area (TPSA) is 44.8 Å². The SMILES string of the molecule is CCOc1ccc(C(=O)Nc2ccccc2N2CCN(C)CC2)cc1Cl. The number of ether oxygens (including phenoxy) is 1. The standard InChI is InChI=1S/C20H24ClN3O2/c1-3-26-19-9-8-15(14-16(19)21)20(25)22-17-6-4-5-7-18(17)24-12-10-23(2)11-13-24/h4-9,14H,3,10-13H2,1-2H3,(H,22,25). The van der Waals surface area contributed by atoms with Crippen LogP contribution in [0.3, 0.4) is 0 Å². The van der Waals surface area contributed by atoms with Crippen LogP contribution in [0.4, 0.5) is 11.4 Å². The lowest BCUT2D eigenvalue weighted by atomic mass is 10.1. The second-order valence-corrected chi connectivity index (χ2v) is 6.75. The summed E-state index contributed by atoms with van der Waals surface area (Å²) in [7, 11) is 2.13. The van der Waals surface area contributed by atoms with Crippen LogP contribution in [0.15, 0.2) is 42.5 Å². The molecule has 5 nitrogen and oxygen atoms in total.